The molecule has 2 N–H and O–H groups in total. The maximum absolute atomic E-state index is 12.0. The van der Waals surface area contributed by atoms with Crippen molar-refractivity contribution in [3.05, 3.63) is 35.4 Å². The van der Waals surface area contributed by atoms with E-state index < -0.39 is 16.9 Å². The smallest absolute Gasteiger partial charge is 0.322 e. The summed E-state index contributed by atoms with van der Waals surface area (Å²) in [6, 6.07) is 6.60. The van der Waals surface area contributed by atoms with E-state index in [2.05, 4.69) is 0 Å². The number of fused-ring (bicyclic) bond motifs is 3. The zero-order valence-corrected chi connectivity index (χ0v) is 9.48. The van der Waals surface area contributed by atoms with E-state index in [9.17, 15) is 14.7 Å². The van der Waals surface area contributed by atoms with Crippen molar-refractivity contribution in [1.29, 1.82) is 0 Å². The number of carbonyl (C=O) groups is 2. The van der Waals surface area contributed by atoms with Crippen LogP contribution in [-0.2, 0) is 10.5 Å². The highest BCUT2D eigenvalue weighted by Crippen LogP contribution is 2.49. The Morgan fingerprint density at radius 3 is 2.88 bits per heavy atom. The Kier molecular flexibility index (Phi) is 2.02. The summed E-state index contributed by atoms with van der Waals surface area (Å²) in [4.78, 5) is 24.4. The number of benzene rings is 1. The van der Waals surface area contributed by atoms with Crippen LogP contribution in [0.2, 0.25) is 0 Å². The van der Waals surface area contributed by atoms with Crippen molar-refractivity contribution < 1.29 is 19.8 Å². The summed E-state index contributed by atoms with van der Waals surface area (Å²) in [5.74, 6) is -1.22. The molecule has 2 heterocycles. The molecule has 88 valence electrons. The zero-order chi connectivity index (χ0) is 12.2. The molecule has 1 fully saturated rings. The molecule has 0 radical (unpaired) electrons. The summed E-state index contributed by atoms with van der Waals surface area (Å²) < 4.78 is 0. The van der Waals surface area contributed by atoms with E-state index in [4.69, 9.17) is 5.11 Å². The standard InChI is InChI=1S/C11H9NO4S/c13-9-6-3-1-2-4-7(6)11(16)8(10(14)15)17-5-12(9)11/h1-4,8,16H,5H2,(H,14,15)/t8-,11+/m0/s1. The van der Waals surface area contributed by atoms with Crippen LogP contribution in [0.25, 0.3) is 0 Å². The van der Waals surface area contributed by atoms with Gasteiger partial charge in [0.15, 0.2) is 11.0 Å². The number of nitrogens with zero attached hydrogens (tertiary/aromatic N) is 1. The molecule has 2 aliphatic rings. The van der Waals surface area contributed by atoms with Gasteiger partial charge in [0.05, 0.1) is 5.88 Å². The minimum Gasteiger partial charge on any atom is -0.480 e. The highest BCUT2D eigenvalue weighted by atomic mass is 32.2. The van der Waals surface area contributed by atoms with E-state index >= 15 is 0 Å². The number of hydrogen-bond donors (Lipinski definition) is 2. The van der Waals surface area contributed by atoms with Crippen LogP contribution in [-0.4, -0.2) is 38.1 Å². The molecule has 1 saturated heterocycles. The Morgan fingerprint density at radius 2 is 2.18 bits per heavy atom. The van der Waals surface area contributed by atoms with Gasteiger partial charge in [-0.2, -0.15) is 0 Å². The molecule has 0 unspecified atom stereocenters. The van der Waals surface area contributed by atoms with Gasteiger partial charge in [-0.25, -0.2) is 0 Å². The number of amides is 1. The lowest BCUT2D eigenvalue weighted by molar-refractivity contribution is -0.147. The molecule has 1 amide bonds. The van der Waals surface area contributed by atoms with Gasteiger partial charge in [-0.15, -0.1) is 11.8 Å². The summed E-state index contributed by atoms with van der Waals surface area (Å²) in [6.45, 7) is 0. The number of carbonyl (C=O) groups excluding carboxylic acids is 1. The minimum absolute atomic E-state index is 0.195. The van der Waals surface area contributed by atoms with Gasteiger partial charge >= 0.3 is 5.97 Å². The summed E-state index contributed by atoms with van der Waals surface area (Å²) in [5.41, 5.74) is -0.923. The number of carboxylic acid groups (broad SMARTS) is 1. The first-order valence-electron chi connectivity index (χ1n) is 5.05. The SMILES string of the molecule is O=C(O)[C@@H]1SCN2C(=O)c3ccccc3[C@@]12O. The van der Waals surface area contributed by atoms with Crippen molar-refractivity contribution in [3.63, 3.8) is 0 Å². The second-order valence-corrected chi connectivity index (χ2v) is 5.08. The Hall–Kier alpha value is -1.53. The molecule has 6 heteroatoms. The molecule has 3 rings (SSSR count). The Morgan fingerprint density at radius 1 is 1.47 bits per heavy atom. The third kappa shape index (κ3) is 1.14. The molecular weight excluding hydrogens is 242 g/mol. The highest BCUT2D eigenvalue weighted by molar-refractivity contribution is 8.00. The lowest BCUT2D eigenvalue weighted by Crippen LogP contribution is -2.47. The molecule has 0 aliphatic carbocycles. The van der Waals surface area contributed by atoms with Crippen molar-refractivity contribution in [3.8, 4) is 0 Å². The lowest BCUT2D eigenvalue weighted by atomic mass is 9.98. The fraction of sp³-hybridized carbons (Fsp3) is 0.273. The molecule has 17 heavy (non-hydrogen) atoms. The van der Waals surface area contributed by atoms with Gasteiger partial charge in [-0.1, -0.05) is 18.2 Å². The van der Waals surface area contributed by atoms with Gasteiger partial charge < -0.3 is 10.2 Å². The van der Waals surface area contributed by atoms with Gasteiger partial charge in [0.2, 0.25) is 0 Å². The first-order chi connectivity index (χ1) is 8.06. The zero-order valence-electron chi connectivity index (χ0n) is 8.66. The summed E-state index contributed by atoms with van der Waals surface area (Å²) in [6.07, 6.45) is 0. The molecule has 2 aliphatic heterocycles. The van der Waals surface area contributed by atoms with E-state index in [1.54, 1.807) is 24.3 Å². The topological polar surface area (TPSA) is 77.8 Å². The predicted octanol–water partition coefficient (Wildman–Crippen LogP) is 0.445. The fourth-order valence-corrected chi connectivity index (χ4v) is 3.63. The van der Waals surface area contributed by atoms with E-state index in [0.717, 1.165) is 11.8 Å². The van der Waals surface area contributed by atoms with E-state index in [-0.39, 0.29) is 11.8 Å². The second-order valence-electron chi connectivity index (χ2n) is 4.02. The van der Waals surface area contributed by atoms with E-state index in [0.29, 0.717) is 11.1 Å². The maximum atomic E-state index is 12.0. The molecule has 5 nitrogen and oxygen atoms in total. The van der Waals surface area contributed by atoms with Gasteiger partial charge in [0.25, 0.3) is 5.91 Å². The van der Waals surface area contributed by atoms with Crippen molar-refractivity contribution in [2.45, 2.75) is 11.0 Å². The van der Waals surface area contributed by atoms with E-state index in [1.165, 1.54) is 4.90 Å². The quantitative estimate of drug-likeness (QED) is 0.757. The summed E-state index contributed by atoms with van der Waals surface area (Å²) >= 11 is 1.06. The number of aliphatic hydroxyl groups is 1. The second kappa shape index (κ2) is 3.24. The molecule has 0 bridgehead atoms. The van der Waals surface area contributed by atoms with Crippen LogP contribution >= 0.6 is 11.8 Å². The van der Waals surface area contributed by atoms with Crippen molar-refractivity contribution in [2.75, 3.05) is 5.88 Å². The van der Waals surface area contributed by atoms with Crippen LogP contribution in [0, 0.1) is 0 Å². The number of thioether (sulfide) groups is 1. The van der Waals surface area contributed by atoms with Crippen LogP contribution in [0.15, 0.2) is 24.3 Å². The minimum atomic E-state index is -1.70. The lowest BCUT2D eigenvalue weighted by Gasteiger charge is -2.28. The molecule has 0 spiro atoms. The van der Waals surface area contributed by atoms with Crippen LogP contribution < -0.4 is 0 Å². The summed E-state index contributed by atoms with van der Waals surface area (Å²) in [7, 11) is 0. The molecule has 1 aromatic rings. The van der Waals surface area contributed by atoms with Gasteiger partial charge in [0.1, 0.15) is 0 Å². The summed E-state index contributed by atoms with van der Waals surface area (Å²) in [5, 5.41) is 18.7. The molecular formula is C11H9NO4S. The van der Waals surface area contributed by atoms with Gasteiger partial charge in [-0.3, -0.25) is 14.5 Å². The Bertz CT molecular complexity index is 528. The van der Waals surface area contributed by atoms with Crippen molar-refractivity contribution in [1.82, 2.24) is 4.90 Å². The molecule has 0 aromatic heterocycles. The maximum Gasteiger partial charge on any atom is 0.322 e. The average Bonchev–Trinajstić information content (AvgIpc) is 2.75. The first kappa shape index (κ1) is 10.6. The normalized spacial score (nSPS) is 30.3. The van der Waals surface area contributed by atoms with Crippen LogP contribution in [0.3, 0.4) is 0 Å². The first-order valence-corrected chi connectivity index (χ1v) is 6.10. The van der Waals surface area contributed by atoms with E-state index in [1.807, 2.05) is 0 Å². The number of aliphatic carboxylic acids is 1. The van der Waals surface area contributed by atoms with Crippen LogP contribution in [0.4, 0.5) is 0 Å². The number of rotatable bonds is 1. The average molecular weight is 251 g/mol. The fourth-order valence-electron chi connectivity index (χ4n) is 2.38. The predicted molar refractivity (Wildman–Crippen MR) is 60.4 cm³/mol. The Labute approximate surface area is 101 Å². The third-order valence-corrected chi connectivity index (χ3v) is 4.44. The molecule has 1 aromatic carbocycles. The van der Waals surface area contributed by atoms with Gasteiger partial charge in [0, 0.05) is 11.1 Å². The Balaban J connectivity index is 2.22. The molecule has 2 atom stereocenters. The third-order valence-electron chi connectivity index (χ3n) is 3.17. The largest absolute Gasteiger partial charge is 0.480 e. The van der Waals surface area contributed by atoms with Crippen LogP contribution in [0.1, 0.15) is 15.9 Å². The number of carboxylic acids is 1. The monoisotopic (exact) mass is 251 g/mol. The van der Waals surface area contributed by atoms with Crippen molar-refractivity contribution in [2.24, 2.45) is 0 Å². The van der Waals surface area contributed by atoms with Crippen LogP contribution in [0.5, 0.6) is 0 Å². The highest BCUT2D eigenvalue weighted by Gasteiger charge is 2.60. The van der Waals surface area contributed by atoms with Crippen molar-refractivity contribution >= 4 is 23.6 Å². The number of hydrogen-bond acceptors (Lipinski definition) is 4. The van der Waals surface area contributed by atoms with Gasteiger partial charge in [-0.05, 0) is 6.07 Å². The molecule has 0 saturated carbocycles.